The summed E-state index contributed by atoms with van der Waals surface area (Å²) < 4.78 is 0. The Kier molecular flexibility index (Phi) is 4.85. The Morgan fingerprint density at radius 2 is 1.89 bits per heavy atom. The number of aromatic amines is 1. The van der Waals surface area contributed by atoms with Gasteiger partial charge in [-0.05, 0) is 68.4 Å². The van der Waals surface area contributed by atoms with Gasteiger partial charge in [-0.25, -0.2) is 5.48 Å². The second-order valence-electron chi connectivity index (χ2n) is 7.06. The average molecular weight is 378 g/mol. The molecule has 4 N–H and O–H groups in total. The van der Waals surface area contributed by atoms with Gasteiger partial charge in [0.2, 0.25) is 0 Å². The van der Waals surface area contributed by atoms with Crippen molar-refractivity contribution in [1.29, 1.82) is 0 Å². The Bertz CT molecular complexity index is 1070. The van der Waals surface area contributed by atoms with Crippen LogP contribution >= 0.6 is 0 Å². The molecule has 0 radical (unpaired) electrons. The lowest BCUT2D eigenvalue weighted by Crippen LogP contribution is -2.33. The molecule has 1 fully saturated rings. The van der Waals surface area contributed by atoms with Crippen molar-refractivity contribution in [2.75, 3.05) is 18.0 Å². The van der Waals surface area contributed by atoms with E-state index < -0.39 is 5.91 Å². The standard InChI is InChI=1S/C21H22N4O3/c1-13-10-15-11-17(6-7-19(15)23-20(13)26)25(18-8-9-22-12-18)16-4-2-14(3-5-16)21(27)24-28/h2-7,10-11,18,22,28H,8-9,12H2,1H3,(H,23,26)(H,24,27). The summed E-state index contributed by atoms with van der Waals surface area (Å²) in [6.07, 6.45) is 1.00. The molecule has 0 aliphatic carbocycles. The number of rotatable bonds is 4. The van der Waals surface area contributed by atoms with Crippen molar-refractivity contribution >= 4 is 28.2 Å². The van der Waals surface area contributed by atoms with Gasteiger partial charge in [0.1, 0.15) is 0 Å². The van der Waals surface area contributed by atoms with Crippen LogP contribution in [0.5, 0.6) is 0 Å². The van der Waals surface area contributed by atoms with E-state index in [2.05, 4.69) is 21.3 Å². The molecule has 1 aliphatic rings. The Balaban J connectivity index is 1.78. The predicted molar refractivity (Wildman–Crippen MR) is 108 cm³/mol. The first-order valence-corrected chi connectivity index (χ1v) is 9.25. The maximum Gasteiger partial charge on any atom is 0.274 e. The van der Waals surface area contributed by atoms with Gasteiger partial charge in [0.15, 0.2) is 0 Å². The number of hydrogen-bond acceptors (Lipinski definition) is 5. The molecule has 0 saturated carbocycles. The minimum atomic E-state index is -0.536. The van der Waals surface area contributed by atoms with Gasteiger partial charge >= 0.3 is 0 Å². The van der Waals surface area contributed by atoms with Crippen LogP contribution in [0.4, 0.5) is 11.4 Å². The number of carbonyl (C=O) groups excluding carboxylic acids is 1. The van der Waals surface area contributed by atoms with E-state index in [9.17, 15) is 9.59 Å². The van der Waals surface area contributed by atoms with E-state index >= 15 is 0 Å². The molecule has 0 spiro atoms. The fourth-order valence-electron chi connectivity index (χ4n) is 3.72. The monoisotopic (exact) mass is 378 g/mol. The Morgan fingerprint density at radius 3 is 2.57 bits per heavy atom. The number of aromatic nitrogens is 1. The first-order valence-electron chi connectivity index (χ1n) is 9.25. The van der Waals surface area contributed by atoms with Crippen molar-refractivity contribution in [2.24, 2.45) is 0 Å². The van der Waals surface area contributed by atoms with Crippen molar-refractivity contribution in [1.82, 2.24) is 15.8 Å². The molecule has 1 atom stereocenters. The third-order valence-corrected chi connectivity index (χ3v) is 5.20. The SMILES string of the molecule is Cc1cc2cc(N(c3ccc(C(=O)NO)cc3)C3CCNC3)ccc2[nH]c1=O. The van der Waals surface area contributed by atoms with Gasteiger partial charge in [0, 0.05) is 46.0 Å². The highest BCUT2D eigenvalue weighted by atomic mass is 16.5. The quantitative estimate of drug-likeness (QED) is 0.413. The Labute approximate surface area is 162 Å². The number of nitrogens with one attached hydrogen (secondary N) is 3. The molecule has 1 aliphatic heterocycles. The van der Waals surface area contributed by atoms with Crippen LogP contribution in [0.2, 0.25) is 0 Å². The number of hydrogen-bond donors (Lipinski definition) is 4. The highest BCUT2D eigenvalue weighted by Crippen LogP contribution is 2.32. The van der Waals surface area contributed by atoms with E-state index in [-0.39, 0.29) is 11.6 Å². The lowest BCUT2D eigenvalue weighted by molar-refractivity contribution is 0.0706. The summed E-state index contributed by atoms with van der Waals surface area (Å²) in [5.74, 6) is -0.536. The summed E-state index contributed by atoms with van der Waals surface area (Å²) in [6.45, 7) is 3.61. The molecule has 1 aromatic heterocycles. The van der Waals surface area contributed by atoms with Crippen LogP contribution in [0.25, 0.3) is 10.9 Å². The largest absolute Gasteiger partial charge is 0.337 e. The molecule has 2 heterocycles. The molecule has 2 aromatic carbocycles. The summed E-state index contributed by atoms with van der Waals surface area (Å²) in [5.41, 5.74) is 5.44. The van der Waals surface area contributed by atoms with Gasteiger partial charge < -0.3 is 15.2 Å². The van der Waals surface area contributed by atoms with Crippen LogP contribution in [0, 0.1) is 6.92 Å². The molecule has 7 heteroatoms. The first-order chi connectivity index (χ1) is 13.6. The zero-order chi connectivity index (χ0) is 19.7. The molecule has 1 amide bonds. The molecule has 1 unspecified atom stereocenters. The van der Waals surface area contributed by atoms with Crippen molar-refractivity contribution in [3.8, 4) is 0 Å². The van der Waals surface area contributed by atoms with E-state index in [0.29, 0.717) is 11.1 Å². The molecule has 28 heavy (non-hydrogen) atoms. The highest BCUT2D eigenvalue weighted by molar-refractivity contribution is 5.94. The summed E-state index contributed by atoms with van der Waals surface area (Å²) in [5, 5.41) is 13.2. The van der Waals surface area contributed by atoms with Gasteiger partial charge in [0.25, 0.3) is 11.5 Å². The minimum absolute atomic E-state index is 0.0742. The lowest BCUT2D eigenvalue weighted by Gasteiger charge is -2.31. The van der Waals surface area contributed by atoms with Crippen LogP contribution in [-0.4, -0.2) is 35.2 Å². The lowest BCUT2D eigenvalue weighted by atomic mass is 10.1. The number of pyridine rings is 1. The molecule has 3 aromatic rings. The fourth-order valence-corrected chi connectivity index (χ4v) is 3.72. The predicted octanol–water partition coefficient (Wildman–Crippen LogP) is 2.46. The van der Waals surface area contributed by atoms with Gasteiger partial charge in [-0.2, -0.15) is 0 Å². The number of H-pyrrole nitrogens is 1. The van der Waals surface area contributed by atoms with E-state index in [1.54, 1.807) is 24.5 Å². The van der Waals surface area contributed by atoms with Crippen LogP contribution in [0.1, 0.15) is 22.3 Å². The Morgan fingerprint density at radius 1 is 1.14 bits per heavy atom. The van der Waals surface area contributed by atoms with Crippen LogP contribution in [0.15, 0.2) is 53.3 Å². The zero-order valence-electron chi connectivity index (χ0n) is 15.5. The topological polar surface area (TPSA) is 97.5 Å². The minimum Gasteiger partial charge on any atom is -0.337 e. The van der Waals surface area contributed by atoms with Crippen LogP contribution in [-0.2, 0) is 0 Å². The maximum atomic E-state index is 11.9. The van der Waals surface area contributed by atoms with Crippen molar-refractivity contribution < 1.29 is 10.0 Å². The van der Waals surface area contributed by atoms with E-state index in [1.807, 2.05) is 30.3 Å². The van der Waals surface area contributed by atoms with Gasteiger partial charge in [-0.1, -0.05) is 0 Å². The summed E-state index contributed by atoms with van der Waals surface area (Å²) in [4.78, 5) is 28.6. The van der Waals surface area contributed by atoms with Crippen molar-refractivity contribution in [3.05, 3.63) is 70.0 Å². The van der Waals surface area contributed by atoms with Crippen molar-refractivity contribution in [3.63, 3.8) is 0 Å². The van der Waals surface area contributed by atoms with E-state index in [0.717, 1.165) is 41.8 Å². The number of nitrogens with zero attached hydrogens (tertiary/aromatic N) is 1. The Hall–Kier alpha value is -3.16. The van der Waals surface area contributed by atoms with E-state index in [4.69, 9.17) is 5.21 Å². The third-order valence-electron chi connectivity index (χ3n) is 5.20. The number of benzene rings is 2. The number of aryl methyl sites for hydroxylation is 1. The normalized spacial score (nSPS) is 16.3. The molecular weight excluding hydrogens is 356 g/mol. The van der Waals surface area contributed by atoms with Crippen LogP contribution in [0.3, 0.4) is 0 Å². The molecule has 7 nitrogen and oxygen atoms in total. The number of amides is 1. The molecule has 144 valence electrons. The first kappa shape index (κ1) is 18.2. The smallest absolute Gasteiger partial charge is 0.274 e. The number of fused-ring (bicyclic) bond motifs is 1. The summed E-state index contributed by atoms with van der Waals surface area (Å²) in [7, 11) is 0. The van der Waals surface area contributed by atoms with Gasteiger partial charge in [-0.15, -0.1) is 0 Å². The maximum absolute atomic E-state index is 11.9. The highest BCUT2D eigenvalue weighted by Gasteiger charge is 2.24. The summed E-state index contributed by atoms with van der Waals surface area (Å²) >= 11 is 0. The molecule has 0 bridgehead atoms. The molecular formula is C21H22N4O3. The zero-order valence-corrected chi connectivity index (χ0v) is 15.5. The summed E-state index contributed by atoms with van der Waals surface area (Å²) in [6, 6.07) is 15.3. The van der Waals surface area contributed by atoms with Crippen molar-refractivity contribution in [2.45, 2.75) is 19.4 Å². The van der Waals surface area contributed by atoms with Gasteiger partial charge in [0.05, 0.1) is 0 Å². The average Bonchev–Trinajstić information content (AvgIpc) is 3.23. The second kappa shape index (κ2) is 7.46. The fraction of sp³-hybridized carbons (Fsp3) is 0.238. The molecule has 1 saturated heterocycles. The number of carbonyl (C=O) groups is 1. The van der Waals surface area contributed by atoms with E-state index in [1.165, 1.54) is 0 Å². The third kappa shape index (κ3) is 3.37. The van der Waals surface area contributed by atoms with Crippen LogP contribution < -0.4 is 21.3 Å². The van der Waals surface area contributed by atoms with Gasteiger partial charge in [-0.3, -0.25) is 14.8 Å². The number of anilines is 2. The molecule has 4 rings (SSSR count). The second-order valence-corrected chi connectivity index (χ2v) is 7.06. The number of hydroxylamine groups is 1.